The first-order chi connectivity index (χ1) is 23.2. The number of nitrogens with zero attached hydrogens (tertiary/aromatic N) is 3. The van der Waals surface area contributed by atoms with Gasteiger partial charge in [-0.15, -0.1) is 11.3 Å². The summed E-state index contributed by atoms with van der Waals surface area (Å²) in [4.78, 5) is 58.1. The molecule has 12 nitrogen and oxygen atoms in total. The van der Waals surface area contributed by atoms with Gasteiger partial charge in [0, 0.05) is 48.9 Å². The van der Waals surface area contributed by atoms with E-state index in [4.69, 9.17) is 14.2 Å². The Morgan fingerprint density at radius 3 is 2.67 bits per heavy atom. The monoisotopic (exact) mass is 671 g/mol. The second-order valence-electron chi connectivity index (χ2n) is 11.7. The molecule has 2 aromatic carbocycles. The highest BCUT2D eigenvalue weighted by atomic mass is 32.1. The number of hydrogen-bond donors (Lipinski definition) is 2. The highest BCUT2D eigenvalue weighted by Gasteiger charge is 2.30. The Morgan fingerprint density at radius 1 is 1.00 bits per heavy atom. The van der Waals surface area contributed by atoms with Crippen molar-refractivity contribution in [3.8, 4) is 11.5 Å². The van der Waals surface area contributed by atoms with Crippen molar-refractivity contribution in [1.29, 1.82) is 0 Å². The Morgan fingerprint density at radius 2 is 1.85 bits per heavy atom. The van der Waals surface area contributed by atoms with Gasteiger partial charge >= 0.3 is 5.97 Å². The van der Waals surface area contributed by atoms with Crippen LogP contribution in [0.3, 0.4) is 0 Å². The van der Waals surface area contributed by atoms with Crippen LogP contribution in [-0.4, -0.2) is 72.8 Å². The van der Waals surface area contributed by atoms with E-state index < -0.39 is 5.97 Å². The van der Waals surface area contributed by atoms with Gasteiger partial charge in [0.15, 0.2) is 11.5 Å². The number of aromatic nitrogens is 1. The number of carbonyl (C=O) groups excluding carboxylic acids is 4. The van der Waals surface area contributed by atoms with E-state index in [1.54, 1.807) is 54.2 Å². The summed E-state index contributed by atoms with van der Waals surface area (Å²) in [7, 11) is 4.59. The van der Waals surface area contributed by atoms with E-state index in [-0.39, 0.29) is 36.8 Å². The van der Waals surface area contributed by atoms with Crippen molar-refractivity contribution in [2.45, 2.75) is 44.6 Å². The number of carbonyl (C=O) groups is 4. The van der Waals surface area contributed by atoms with Gasteiger partial charge in [-0.3, -0.25) is 19.4 Å². The van der Waals surface area contributed by atoms with Crippen LogP contribution in [0.15, 0.2) is 53.7 Å². The molecule has 4 heterocycles. The van der Waals surface area contributed by atoms with E-state index in [9.17, 15) is 19.2 Å². The normalized spacial score (nSPS) is 15.6. The molecule has 1 atom stereocenters. The number of rotatable bonds is 10. The molecule has 6 rings (SSSR count). The first-order valence-corrected chi connectivity index (χ1v) is 16.6. The maximum Gasteiger partial charge on any atom is 0.348 e. The van der Waals surface area contributed by atoms with Crippen LogP contribution in [0.25, 0.3) is 10.1 Å². The number of esters is 1. The Balaban J connectivity index is 1.02. The van der Waals surface area contributed by atoms with Crippen LogP contribution in [0.2, 0.25) is 0 Å². The van der Waals surface area contributed by atoms with E-state index in [0.29, 0.717) is 57.7 Å². The van der Waals surface area contributed by atoms with Crippen LogP contribution in [0.1, 0.15) is 69.0 Å². The summed E-state index contributed by atoms with van der Waals surface area (Å²) in [5, 5.41) is 6.54. The van der Waals surface area contributed by atoms with Crippen LogP contribution in [-0.2, 0) is 16.6 Å². The minimum atomic E-state index is -0.405. The van der Waals surface area contributed by atoms with Crippen LogP contribution in [0.5, 0.6) is 11.5 Å². The zero-order valence-electron chi connectivity index (χ0n) is 27.0. The van der Waals surface area contributed by atoms with Gasteiger partial charge in [0.2, 0.25) is 5.91 Å². The molecule has 2 aliphatic heterocycles. The van der Waals surface area contributed by atoms with Gasteiger partial charge in [0.05, 0.1) is 43.8 Å². The van der Waals surface area contributed by atoms with Crippen LogP contribution < -0.4 is 20.1 Å². The van der Waals surface area contributed by atoms with Gasteiger partial charge in [-0.25, -0.2) is 4.79 Å². The van der Waals surface area contributed by atoms with E-state index >= 15 is 0 Å². The Kier molecular flexibility index (Phi) is 9.76. The molecule has 2 N–H and O–H groups in total. The standard InChI is InChI=1S/C35H37N5O7S/c1-39-20-23(16-27(39)33(42)38-22-10-11-30-21(14-22)15-31(48-30)35(44)46-3)37-32(41)9-7-13-47-29-18-26-25(17-28(29)45-2)34(43)40-12-6-4-5-8-24(40)19-36-26/h10-11,14-20,24H,4-9,12-13H2,1-3H3,(H,37,41)(H,38,42). The average molecular weight is 672 g/mol. The van der Waals surface area contributed by atoms with Gasteiger partial charge in [-0.2, -0.15) is 0 Å². The van der Waals surface area contributed by atoms with E-state index in [1.165, 1.54) is 25.6 Å². The highest BCUT2D eigenvalue weighted by Crippen LogP contribution is 2.38. The molecule has 1 saturated heterocycles. The van der Waals surface area contributed by atoms with Crippen LogP contribution >= 0.6 is 11.3 Å². The van der Waals surface area contributed by atoms with Crippen molar-refractivity contribution in [2.24, 2.45) is 12.0 Å². The molecule has 0 spiro atoms. The molecule has 2 aliphatic rings. The number of amides is 3. The van der Waals surface area contributed by atoms with Crippen LogP contribution in [0.4, 0.5) is 17.1 Å². The highest BCUT2D eigenvalue weighted by molar-refractivity contribution is 7.20. The molecular formula is C35H37N5O7S. The molecule has 13 heteroatoms. The van der Waals surface area contributed by atoms with Crippen molar-refractivity contribution in [1.82, 2.24) is 9.47 Å². The number of hydrogen-bond acceptors (Lipinski definition) is 9. The van der Waals surface area contributed by atoms with Crippen LogP contribution in [0, 0.1) is 0 Å². The van der Waals surface area contributed by atoms with Crippen molar-refractivity contribution in [3.05, 3.63) is 64.8 Å². The molecule has 2 aromatic heterocycles. The summed E-state index contributed by atoms with van der Waals surface area (Å²) in [6.07, 6.45) is 8.20. The molecule has 0 radical (unpaired) electrons. The zero-order chi connectivity index (χ0) is 33.8. The predicted molar refractivity (Wildman–Crippen MR) is 184 cm³/mol. The quantitative estimate of drug-likeness (QED) is 0.151. The lowest BCUT2D eigenvalue weighted by Gasteiger charge is -2.26. The molecule has 3 amide bonds. The lowest BCUT2D eigenvalue weighted by molar-refractivity contribution is -0.116. The molecule has 1 unspecified atom stereocenters. The smallest absolute Gasteiger partial charge is 0.348 e. The number of aryl methyl sites for hydroxylation is 1. The van der Waals surface area contributed by atoms with Gasteiger partial charge in [0.25, 0.3) is 11.8 Å². The largest absolute Gasteiger partial charge is 0.493 e. The number of ether oxygens (including phenoxy) is 3. The number of methoxy groups -OCH3 is 2. The third-order valence-corrected chi connectivity index (χ3v) is 9.54. The fraction of sp³-hybridized carbons (Fsp3) is 0.343. The maximum atomic E-state index is 13.4. The summed E-state index contributed by atoms with van der Waals surface area (Å²) < 4.78 is 18.9. The fourth-order valence-electron chi connectivity index (χ4n) is 5.98. The van der Waals surface area contributed by atoms with E-state index in [0.717, 1.165) is 35.8 Å². The lowest BCUT2D eigenvalue weighted by Crippen LogP contribution is -2.40. The minimum Gasteiger partial charge on any atom is -0.493 e. The van der Waals surface area contributed by atoms with Gasteiger partial charge < -0.3 is 34.3 Å². The molecule has 0 saturated carbocycles. The van der Waals surface area contributed by atoms with E-state index in [2.05, 4.69) is 15.6 Å². The number of anilines is 2. The fourth-order valence-corrected chi connectivity index (χ4v) is 6.94. The number of benzene rings is 2. The zero-order valence-corrected chi connectivity index (χ0v) is 27.9. The van der Waals surface area contributed by atoms with Crippen molar-refractivity contribution < 1.29 is 33.4 Å². The summed E-state index contributed by atoms with van der Waals surface area (Å²) in [6.45, 7) is 0.954. The molecule has 1 fully saturated rings. The summed E-state index contributed by atoms with van der Waals surface area (Å²) in [5.41, 5.74) is 2.46. The van der Waals surface area contributed by atoms with Gasteiger partial charge in [0.1, 0.15) is 10.6 Å². The molecular weight excluding hydrogens is 634 g/mol. The number of nitrogens with one attached hydrogen (secondary N) is 2. The number of thiophene rings is 1. The van der Waals surface area contributed by atoms with Crippen molar-refractivity contribution in [3.63, 3.8) is 0 Å². The molecule has 250 valence electrons. The summed E-state index contributed by atoms with van der Waals surface area (Å²) in [5.74, 6) is -0.130. The SMILES string of the molecule is COC(=O)c1cc2cc(NC(=O)c3cc(NC(=O)CCCOc4cc5c(cc4OC)C(=O)N4CCCCCC4C=N5)cn3C)ccc2s1. The lowest BCUT2D eigenvalue weighted by atomic mass is 10.1. The topological polar surface area (TPSA) is 141 Å². The molecule has 0 aliphatic carbocycles. The summed E-state index contributed by atoms with van der Waals surface area (Å²) >= 11 is 1.32. The second-order valence-corrected chi connectivity index (χ2v) is 12.8. The second kappa shape index (κ2) is 14.3. The molecule has 0 bridgehead atoms. The average Bonchev–Trinajstić information content (AvgIpc) is 3.54. The minimum absolute atomic E-state index is 0.0121. The van der Waals surface area contributed by atoms with Gasteiger partial charge in [-0.1, -0.05) is 12.8 Å². The van der Waals surface area contributed by atoms with Crippen molar-refractivity contribution in [2.75, 3.05) is 38.0 Å². The van der Waals surface area contributed by atoms with Gasteiger partial charge in [-0.05, 0) is 61.0 Å². The third kappa shape index (κ3) is 7.05. The van der Waals surface area contributed by atoms with Crippen molar-refractivity contribution >= 4 is 68.4 Å². The first kappa shape index (κ1) is 32.8. The Labute approximate surface area is 281 Å². The predicted octanol–water partition coefficient (Wildman–Crippen LogP) is 6.19. The van der Waals surface area contributed by atoms with E-state index in [1.807, 2.05) is 17.2 Å². The Bertz CT molecular complexity index is 1910. The number of fused-ring (bicyclic) bond motifs is 3. The molecule has 4 aromatic rings. The Hall–Kier alpha value is -5.17. The third-order valence-electron chi connectivity index (χ3n) is 8.45. The molecule has 48 heavy (non-hydrogen) atoms. The summed E-state index contributed by atoms with van der Waals surface area (Å²) in [6, 6.07) is 12.1. The first-order valence-electron chi connectivity index (χ1n) is 15.8. The maximum absolute atomic E-state index is 13.4. The number of aliphatic imine (C=N–C) groups is 1.